The Morgan fingerprint density at radius 1 is 0.944 bits per heavy atom. The van der Waals surface area contributed by atoms with Gasteiger partial charge in [0.05, 0.1) is 23.9 Å². The van der Waals surface area contributed by atoms with Crippen molar-refractivity contribution in [3.63, 3.8) is 0 Å². The van der Waals surface area contributed by atoms with E-state index in [9.17, 15) is 0 Å². The van der Waals surface area contributed by atoms with Crippen LogP contribution in [0.15, 0.2) is 90.1 Å². The molecule has 0 spiro atoms. The summed E-state index contributed by atoms with van der Waals surface area (Å²) in [5.74, 6) is 1.55. The van der Waals surface area contributed by atoms with Crippen LogP contribution >= 0.6 is 23.4 Å². The largest absolute Gasteiger partial charge is 0.376 e. The van der Waals surface area contributed by atoms with Crippen LogP contribution in [0.1, 0.15) is 18.4 Å². The van der Waals surface area contributed by atoms with Crippen molar-refractivity contribution in [3.8, 4) is 22.6 Å². The number of halogens is 1. The van der Waals surface area contributed by atoms with E-state index >= 15 is 0 Å². The van der Waals surface area contributed by atoms with Crippen molar-refractivity contribution < 1.29 is 4.74 Å². The first kappa shape index (κ1) is 23.2. The molecule has 0 radical (unpaired) electrons. The summed E-state index contributed by atoms with van der Waals surface area (Å²) in [6.45, 7) is 1.52. The Bertz CT molecular complexity index is 1500. The van der Waals surface area contributed by atoms with Crippen molar-refractivity contribution >= 4 is 34.3 Å². The van der Waals surface area contributed by atoms with Crippen molar-refractivity contribution in [3.05, 3.63) is 95.5 Å². The van der Waals surface area contributed by atoms with Gasteiger partial charge in [0, 0.05) is 33.9 Å². The topological polar surface area (TPSA) is 52.8 Å². The highest BCUT2D eigenvalue weighted by Gasteiger charge is 2.23. The normalized spacial score (nSPS) is 15.5. The summed E-state index contributed by atoms with van der Waals surface area (Å²) in [7, 11) is 0. The second-order valence-electron chi connectivity index (χ2n) is 8.87. The van der Waals surface area contributed by atoms with E-state index in [4.69, 9.17) is 26.4 Å². The van der Waals surface area contributed by atoms with Crippen molar-refractivity contribution in [1.29, 1.82) is 0 Å². The van der Waals surface area contributed by atoms with Gasteiger partial charge in [0.15, 0.2) is 11.0 Å². The lowest BCUT2D eigenvalue weighted by Gasteiger charge is -2.16. The third-order valence-corrected chi connectivity index (χ3v) is 7.85. The van der Waals surface area contributed by atoms with E-state index in [0.717, 1.165) is 74.5 Å². The van der Waals surface area contributed by atoms with Crippen LogP contribution in [0.3, 0.4) is 0 Å². The number of hydrogen-bond donors (Lipinski definition) is 0. The molecule has 1 aliphatic heterocycles. The van der Waals surface area contributed by atoms with Crippen LogP contribution in [0.25, 0.3) is 33.5 Å². The van der Waals surface area contributed by atoms with Gasteiger partial charge in [0.1, 0.15) is 0 Å². The molecular weight excluding hydrogens is 488 g/mol. The molecule has 180 valence electrons. The smallest absolute Gasteiger partial charge is 0.191 e. The van der Waals surface area contributed by atoms with Crippen molar-refractivity contribution in [2.75, 3.05) is 6.61 Å². The molecule has 0 bridgehead atoms. The van der Waals surface area contributed by atoms with Gasteiger partial charge in [-0.1, -0.05) is 90.1 Å². The molecule has 0 amide bonds. The van der Waals surface area contributed by atoms with Crippen LogP contribution in [-0.4, -0.2) is 32.5 Å². The number of pyridine rings is 1. The standard InChI is InChI=1S/C29H25ClN4OS/c30-25-14-6-4-11-21(25)19-36-29-33-32-28(34(29)18-22-12-8-16-35-22)24-17-27(20-9-2-1-3-10-20)31-26-15-7-5-13-23(24)26/h1-7,9-11,13-15,17,22H,8,12,16,18-19H2/t22-/m1/s1. The van der Waals surface area contributed by atoms with Gasteiger partial charge in [0.2, 0.25) is 0 Å². The molecular formula is C29H25ClN4OS. The quantitative estimate of drug-likeness (QED) is 0.214. The maximum absolute atomic E-state index is 6.43. The van der Waals surface area contributed by atoms with Crippen LogP contribution in [0.4, 0.5) is 0 Å². The number of fused-ring (bicyclic) bond motifs is 1. The van der Waals surface area contributed by atoms with Gasteiger partial charge in [-0.25, -0.2) is 4.98 Å². The Labute approximate surface area is 219 Å². The lowest BCUT2D eigenvalue weighted by molar-refractivity contribution is 0.0953. The summed E-state index contributed by atoms with van der Waals surface area (Å²) in [6.07, 6.45) is 2.28. The zero-order chi connectivity index (χ0) is 24.3. The van der Waals surface area contributed by atoms with E-state index in [1.165, 1.54) is 0 Å². The van der Waals surface area contributed by atoms with Gasteiger partial charge >= 0.3 is 0 Å². The van der Waals surface area contributed by atoms with Crippen LogP contribution in [0, 0.1) is 0 Å². The Kier molecular flexibility index (Phi) is 6.73. The minimum Gasteiger partial charge on any atom is -0.376 e. The first-order chi connectivity index (χ1) is 17.8. The Hall–Kier alpha value is -3.19. The van der Waals surface area contributed by atoms with Crippen molar-refractivity contribution in [1.82, 2.24) is 19.7 Å². The summed E-state index contributed by atoms with van der Waals surface area (Å²) in [5.41, 5.74) is 5.03. The zero-order valence-electron chi connectivity index (χ0n) is 19.7. The molecule has 1 fully saturated rings. The molecule has 5 nitrogen and oxygen atoms in total. The fourth-order valence-electron chi connectivity index (χ4n) is 4.63. The van der Waals surface area contributed by atoms with E-state index in [-0.39, 0.29) is 6.10 Å². The second-order valence-corrected chi connectivity index (χ2v) is 10.2. The van der Waals surface area contributed by atoms with Gasteiger partial charge < -0.3 is 4.74 Å². The molecule has 5 aromatic rings. The Morgan fingerprint density at radius 2 is 1.75 bits per heavy atom. The van der Waals surface area contributed by atoms with Gasteiger partial charge in [-0.3, -0.25) is 4.57 Å². The average Bonchev–Trinajstić information content (AvgIpc) is 3.58. The van der Waals surface area contributed by atoms with Gasteiger partial charge in [0.25, 0.3) is 0 Å². The molecule has 6 rings (SSSR count). The predicted molar refractivity (Wildman–Crippen MR) is 146 cm³/mol. The van der Waals surface area contributed by atoms with Crippen LogP contribution < -0.4 is 0 Å². The first-order valence-corrected chi connectivity index (χ1v) is 13.5. The van der Waals surface area contributed by atoms with E-state index in [0.29, 0.717) is 6.54 Å². The summed E-state index contributed by atoms with van der Waals surface area (Å²) in [4.78, 5) is 4.96. The minimum atomic E-state index is 0.154. The summed E-state index contributed by atoms with van der Waals surface area (Å²) < 4.78 is 8.23. The number of para-hydroxylation sites is 1. The molecule has 1 atom stereocenters. The maximum atomic E-state index is 6.43. The maximum Gasteiger partial charge on any atom is 0.191 e. The number of nitrogens with zero attached hydrogens (tertiary/aromatic N) is 4. The zero-order valence-corrected chi connectivity index (χ0v) is 21.3. The predicted octanol–water partition coefficient (Wildman–Crippen LogP) is 7.29. The van der Waals surface area contributed by atoms with Gasteiger partial charge in [-0.15, -0.1) is 10.2 Å². The molecule has 3 aromatic carbocycles. The molecule has 3 heterocycles. The third kappa shape index (κ3) is 4.76. The van der Waals surface area contributed by atoms with E-state index < -0.39 is 0 Å². The fraction of sp³-hybridized carbons (Fsp3) is 0.207. The minimum absolute atomic E-state index is 0.154. The number of rotatable bonds is 7. The third-order valence-electron chi connectivity index (χ3n) is 6.47. The van der Waals surface area contributed by atoms with E-state index in [2.05, 4.69) is 46.1 Å². The highest BCUT2D eigenvalue weighted by molar-refractivity contribution is 7.98. The molecule has 1 saturated heterocycles. The van der Waals surface area contributed by atoms with Crippen LogP contribution in [-0.2, 0) is 17.0 Å². The Morgan fingerprint density at radius 3 is 2.58 bits per heavy atom. The lowest BCUT2D eigenvalue weighted by Crippen LogP contribution is -2.16. The van der Waals surface area contributed by atoms with E-state index in [1.807, 2.05) is 48.5 Å². The second kappa shape index (κ2) is 10.4. The molecule has 1 aliphatic rings. The Balaban J connectivity index is 1.45. The molecule has 0 aliphatic carbocycles. The SMILES string of the molecule is Clc1ccccc1CSc1nnc(-c2cc(-c3ccccc3)nc3ccccc23)n1C[C@H]1CCCO1. The van der Waals surface area contributed by atoms with Crippen LogP contribution in [0.2, 0.25) is 5.02 Å². The summed E-state index contributed by atoms with van der Waals surface area (Å²) >= 11 is 8.08. The lowest BCUT2D eigenvalue weighted by atomic mass is 10.0. The van der Waals surface area contributed by atoms with Crippen molar-refractivity contribution in [2.45, 2.75) is 36.4 Å². The van der Waals surface area contributed by atoms with Gasteiger partial charge in [-0.05, 0) is 36.6 Å². The molecule has 36 heavy (non-hydrogen) atoms. The summed E-state index contributed by atoms with van der Waals surface area (Å²) in [6, 6.07) is 28.6. The molecule has 0 unspecified atom stereocenters. The number of aromatic nitrogens is 4. The number of hydrogen-bond acceptors (Lipinski definition) is 5. The van der Waals surface area contributed by atoms with Crippen molar-refractivity contribution in [2.24, 2.45) is 0 Å². The fourth-order valence-corrected chi connectivity index (χ4v) is 5.86. The number of benzene rings is 3. The van der Waals surface area contributed by atoms with E-state index in [1.54, 1.807) is 11.8 Å². The highest BCUT2D eigenvalue weighted by atomic mass is 35.5. The number of thioether (sulfide) groups is 1. The monoisotopic (exact) mass is 512 g/mol. The molecule has 0 saturated carbocycles. The highest BCUT2D eigenvalue weighted by Crippen LogP contribution is 2.35. The molecule has 0 N–H and O–H groups in total. The average molecular weight is 513 g/mol. The van der Waals surface area contributed by atoms with Crippen LogP contribution in [0.5, 0.6) is 0 Å². The number of ether oxygens (including phenoxy) is 1. The first-order valence-electron chi connectivity index (χ1n) is 12.1. The molecule has 7 heteroatoms. The van der Waals surface area contributed by atoms with Gasteiger partial charge in [-0.2, -0.15) is 0 Å². The molecule has 2 aromatic heterocycles. The summed E-state index contributed by atoms with van der Waals surface area (Å²) in [5, 5.41) is 12.1.